The number of nitrogens with zero attached hydrogens (tertiary/aromatic N) is 2. The van der Waals surface area contributed by atoms with Crippen molar-refractivity contribution < 1.29 is 9.90 Å². The second kappa shape index (κ2) is 6.64. The molecular formula is C16H13N3O3S. The van der Waals surface area contributed by atoms with E-state index >= 15 is 0 Å². The summed E-state index contributed by atoms with van der Waals surface area (Å²) in [5.74, 6) is -0.309. The topological polar surface area (TPSA) is 92.2 Å². The molecule has 23 heavy (non-hydrogen) atoms. The zero-order valence-corrected chi connectivity index (χ0v) is 12.8. The quantitative estimate of drug-likeness (QED) is 0.756. The largest absolute Gasteiger partial charge is 0.395 e. The van der Waals surface area contributed by atoms with Gasteiger partial charge in [-0.2, -0.15) is 4.98 Å². The van der Waals surface area contributed by atoms with Crippen molar-refractivity contribution in [3.05, 3.63) is 58.5 Å². The molecule has 0 atom stereocenters. The number of carbonyl (C=O) groups excluding carboxylic acids is 1. The molecule has 7 heteroatoms. The number of amides is 1. The number of rotatable bonds is 4. The molecule has 2 N–H and O–H groups in total. The van der Waals surface area contributed by atoms with Crippen LogP contribution in [-0.2, 0) is 0 Å². The van der Waals surface area contributed by atoms with Crippen molar-refractivity contribution in [2.24, 2.45) is 0 Å². The zero-order chi connectivity index (χ0) is 16.2. The summed E-state index contributed by atoms with van der Waals surface area (Å²) < 4.78 is 0.819. The van der Waals surface area contributed by atoms with E-state index in [-0.39, 0.29) is 24.6 Å². The first-order chi connectivity index (χ1) is 11.2. The van der Waals surface area contributed by atoms with E-state index in [0.29, 0.717) is 21.7 Å². The monoisotopic (exact) mass is 327 g/mol. The molecule has 0 radical (unpaired) electrons. The summed E-state index contributed by atoms with van der Waals surface area (Å²) >= 11 is 1.35. The Morgan fingerprint density at radius 2 is 2.09 bits per heavy atom. The van der Waals surface area contributed by atoms with Gasteiger partial charge < -0.3 is 10.4 Å². The van der Waals surface area contributed by atoms with Crippen LogP contribution in [0.4, 0.5) is 0 Å². The average Bonchev–Trinajstić information content (AvgIpc) is 2.59. The van der Waals surface area contributed by atoms with Crippen LogP contribution in [0.25, 0.3) is 20.8 Å². The van der Waals surface area contributed by atoms with Crippen LogP contribution < -0.4 is 10.9 Å². The Balaban J connectivity index is 2.02. The molecule has 1 amide bonds. The highest BCUT2D eigenvalue weighted by Crippen LogP contribution is 2.24. The van der Waals surface area contributed by atoms with Gasteiger partial charge in [-0.05, 0) is 24.3 Å². The van der Waals surface area contributed by atoms with Gasteiger partial charge in [0.1, 0.15) is 5.01 Å². The van der Waals surface area contributed by atoms with Crippen LogP contribution in [0, 0.1) is 0 Å². The number of aliphatic hydroxyl groups excluding tert-OH is 1. The Morgan fingerprint density at radius 1 is 1.26 bits per heavy atom. The molecule has 0 aliphatic rings. The lowest BCUT2D eigenvalue weighted by atomic mass is 10.2. The number of hydrogen-bond donors (Lipinski definition) is 2. The minimum Gasteiger partial charge on any atom is -0.395 e. The van der Waals surface area contributed by atoms with Gasteiger partial charge in [0, 0.05) is 23.0 Å². The van der Waals surface area contributed by atoms with E-state index in [4.69, 9.17) is 5.11 Å². The number of carbonyl (C=O) groups is 1. The highest BCUT2D eigenvalue weighted by Gasteiger charge is 2.11. The molecule has 3 aromatic rings. The summed E-state index contributed by atoms with van der Waals surface area (Å²) in [6.45, 7) is 0.0512. The summed E-state index contributed by atoms with van der Waals surface area (Å²) in [5, 5.41) is 12.4. The number of hydrogen-bond acceptors (Lipinski definition) is 6. The third kappa shape index (κ3) is 3.25. The molecule has 3 rings (SSSR count). The van der Waals surface area contributed by atoms with Gasteiger partial charge >= 0.3 is 0 Å². The van der Waals surface area contributed by atoms with Gasteiger partial charge in [0.05, 0.1) is 17.7 Å². The Morgan fingerprint density at radius 3 is 2.91 bits per heavy atom. The maximum atomic E-state index is 12.1. The fraction of sp³-hybridized carbons (Fsp3) is 0.125. The van der Waals surface area contributed by atoms with Crippen LogP contribution in [0.2, 0.25) is 0 Å². The SMILES string of the molecule is O=C(NCCO)c1ccnc(-c2nc(=O)c3ccccc3s2)c1. The summed E-state index contributed by atoms with van der Waals surface area (Å²) in [6, 6.07) is 10.4. The van der Waals surface area contributed by atoms with E-state index < -0.39 is 0 Å². The first-order valence-electron chi connectivity index (χ1n) is 6.94. The minimum atomic E-state index is -0.314. The van der Waals surface area contributed by atoms with Crippen molar-refractivity contribution >= 4 is 27.3 Å². The van der Waals surface area contributed by atoms with Gasteiger partial charge in [-0.1, -0.05) is 12.1 Å². The average molecular weight is 327 g/mol. The molecule has 2 heterocycles. The Kier molecular flexibility index (Phi) is 4.40. The van der Waals surface area contributed by atoms with Crippen molar-refractivity contribution in [3.8, 4) is 10.7 Å². The molecule has 0 spiro atoms. The highest BCUT2D eigenvalue weighted by atomic mass is 32.1. The predicted molar refractivity (Wildman–Crippen MR) is 88.5 cm³/mol. The van der Waals surface area contributed by atoms with Crippen molar-refractivity contribution in [1.29, 1.82) is 0 Å². The first-order valence-corrected chi connectivity index (χ1v) is 7.76. The molecule has 0 saturated carbocycles. The van der Waals surface area contributed by atoms with E-state index in [1.54, 1.807) is 24.3 Å². The van der Waals surface area contributed by atoms with Gasteiger partial charge in [-0.15, -0.1) is 11.3 Å². The summed E-state index contributed by atoms with van der Waals surface area (Å²) in [6.07, 6.45) is 1.50. The standard InChI is InChI=1S/C16H13N3O3S/c20-8-7-18-14(21)10-5-6-17-12(9-10)16-19-15(22)11-3-1-2-4-13(11)23-16/h1-6,9,20H,7-8H2,(H,18,21). The van der Waals surface area contributed by atoms with E-state index in [9.17, 15) is 9.59 Å². The maximum absolute atomic E-state index is 12.1. The van der Waals surface area contributed by atoms with Gasteiger partial charge in [0.25, 0.3) is 11.5 Å². The van der Waals surface area contributed by atoms with Gasteiger partial charge in [0.15, 0.2) is 0 Å². The molecule has 0 aliphatic carbocycles. The fourth-order valence-electron chi connectivity index (χ4n) is 2.08. The van der Waals surface area contributed by atoms with Crippen molar-refractivity contribution in [2.75, 3.05) is 13.2 Å². The molecule has 1 aromatic carbocycles. The zero-order valence-electron chi connectivity index (χ0n) is 12.0. The lowest BCUT2D eigenvalue weighted by Gasteiger charge is -2.05. The van der Waals surface area contributed by atoms with Crippen LogP contribution in [-0.4, -0.2) is 34.1 Å². The van der Waals surface area contributed by atoms with Gasteiger partial charge in [-0.3, -0.25) is 14.6 Å². The number of fused-ring (bicyclic) bond motifs is 1. The summed E-state index contributed by atoms with van der Waals surface area (Å²) in [5.41, 5.74) is 0.554. The van der Waals surface area contributed by atoms with Crippen LogP contribution in [0.1, 0.15) is 10.4 Å². The second-order valence-electron chi connectivity index (χ2n) is 4.73. The maximum Gasteiger partial charge on any atom is 0.279 e. The van der Waals surface area contributed by atoms with Crippen LogP contribution in [0.3, 0.4) is 0 Å². The van der Waals surface area contributed by atoms with E-state index in [1.165, 1.54) is 17.5 Å². The molecule has 116 valence electrons. The number of aliphatic hydroxyl groups is 1. The second-order valence-corrected chi connectivity index (χ2v) is 5.76. The van der Waals surface area contributed by atoms with Crippen LogP contribution in [0.15, 0.2) is 47.4 Å². The van der Waals surface area contributed by atoms with Crippen molar-refractivity contribution in [3.63, 3.8) is 0 Å². The molecule has 0 unspecified atom stereocenters. The highest BCUT2D eigenvalue weighted by molar-refractivity contribution is 7.21. The number of aromatic nitrogens is 2. The molecule has 6 nitrogen and oxygen atoms in total. The summed E-state index contributed by atoms with van der Waals surface area (Å²) in [4.78, 5) is 32.3. The molecule has 0 fully saturated rings. The van der Waals surface area contributed by atoms with E-state index in [0.717, 1.165) is 4.70 Å². The minimum absolute atomic E-state index is 0.127. The van der Waals surface area contributed by atoms with E-state index in [2.05, 4.69) is 15.3 Å². The van der Waals surface area contributed by atoms with Crippen molar-refractivity contribution in [1.82, 2.24) is 15.3 Å². The Bertz CT molecular complexity index is 924. The van der Waals surface area contributed by atoms with Crippen LogP contribution in [0.5, 0.6) is 0 Å². The van der Waals surface area contributed by atoms with Crippen molar-refractivity contribution in [2.45, 2.75) is 0 Å². The molecule has 0 aliphatic heterocycles. The number of nitrogens with one attached hydrogen (secondary N) is 1. The lowest BCUT2D eigenvalue weighted by molar-refractivity contribution is 0.0944. The lowest BCUT2D eigenvalue weighted by Crippen LogP contribution is -2.26. The first kappa shape index (κ1) is 15.3. The third-order valence-corrected chi connectivity index (χ3v) is 4.24. The fourth-order valence-corrected chi connectivity index (χ4v) is 3.05. The normalized spacial score (nSPS) is 10.7. The third-order valence-electron chi connectivity index (χ3n) is 3.17. The predicted octanol–water partition coefficient (Wildman–Crippen LogP) is 1.44. The van der Waals surface area contributed by atoms with E-state index in [1.807, 2.05) is 12.1 Å². The Hall–Kier alpha value is -2.64. The number of pyridine rings is 1. The molecule has 0 bridgehead atoms. The Labute approximate surface area is 135 Å². The molecular weight excluding hydrogens is 314 g/mol. The molecule has 2 aromatic heterocycles. The number of benzene rings is 1. The van der Waals surface area contributed by atoms with Gasteiger partial charge in [-0.25, -0.2) is 0 Å². The summed E-state index contributed by atoms with van der Waals surface area (Å²) in [7, 11) is 0. The smallest absolute Gasteiger partial charge is 0.279 e. The van der Waals surface area contributed by atoms with Crippen LogP contribution >= 0.6 is 11.3 Å². The van der Waals surface area contributed by atoms with Gasteiger partial charge in [0.2, 0.25) is 0 Å². The molecule has 0 saturated heterocycles.